The SMILES string of the molecule is CCCCCCc1ccc(-c2ccc3c(F)c(C#Cc4ccc(CCCC)cc4)ccc3c2)cc1. The summed E-state index contributed by atoms with van der Waals surface area (Å²) in [6, 6.07) is 26.8. The van der Waals surface area contributed by atoms with Gasteiger partial charge < -0.3 is 0 Å². The van der Waals surface area contributed by atoms with Gasteiger partial charge in [-0.25, -0.2) is 4.39 Å². The number of unbranched alkanes of at least 4 members (excludes halogenated alkanes) is 4. The van der Waals surface area contributed by atoms with Crippen molar-refractivity contribution in [2.45, 2.75) is 65.2 Å². The zero-order chi connectivity index (χ0) is 24.5. The maximum atomic E-state index is 15.2. The lowest BCUT2D eigenvalue weighted by molar-refractivity contribution is 0.636. The number of rotatable bonds is 9. The van der Waals surface area contributed by atoms with Crippen LogP contribution in [0.5, 0.6) is 0 Å². The average Bonchev–Trinajstić information content (AvgIpc) is 2.90. The summed E-state index contributed by atoms with van der Waals surface area (Å²) in [6.45, 7) is 4.44. The van der Waals surface area contributed by atoms with Gasteiger partial charge in [0, 0.05) is 10.9 Å². The Hall–Kier alpha value is -3.37. The molecule has 0 fully saturated rings. The van der Waals surface area contributed by atoms with E-state index in [0.717, 1.165) is 34.9 Å². The molecule has 0 aromatic heterocycles. The molecular weight excluding hydrogens is 427 g/mol. The highest BCUT2D eigenvalue weighted by atomic mass is 19.1. The van der Waals surface area contributed by atoms with E-state index in [9.17, 15) is 0 Å². The van der Waals surface area contributed by atoms with E-state index in [0.29, 0.717) is 10.9 Å². The maximum Gasteiger partial charge on any atom is 0.146 e. The summed E-state index contributed by atoms with van der Waals surface area (Å²) in [6.07, 6.45) is 9.73. The van der Waals surface area contributed by atoms with Gasteiger partial charge in [0.05, 0.1) is 5.56 Å². The molecule has 0 bridgehead atoms. The first-order valence-electron chi connectivity index (χ1n) is 13.1. The van der Waals surface area contributed by atoms with Gasteiger partial charge in [-0.2, -0.15) is 0 Å². The van der Waals surface area contributed by atoms with Crippen LogP contribution >= 0.6 is 0 Å². The van der Waals surface area contributed by atoms with Gasteiger partial charge in [0.2, 0.25) is 0 Å². The molecule has 1 heteroatoms. The van der Waals surface area contributed by atoms with E-state index in [1.807, 2.05) is 30.3 Å². The van der Waals surface area contributed by atoms with Gasteiger partial charge in [-0.1, -0.05) is 106 Å². The molecule has 4 aromatic carbocycles. The topological polar surface area (TPSA) is 0 Å². The van der Waals surface area contributed by atoms with Crippen molar-refractivity contribution in [3.63, 3.8) is 0 Å². The normalized spacial score (nSPS) is 10.8. The van der Waals surface area contributed by atoms with Crippen molar-refractivity contribution >= 4 is 10.8 Å². The Morgan fingerprint density at radius 1 is 0.600 bits per heavy atom. The molecular formula is C34H35F. The Bertz CT molecular complexity index is 1300. The smallest absolute Gasteiger partial charge is 0.146 e. The summed E-state index contributed by atoms with van der Waals surface area (Å²) in [4.78, 5) is 0. The van der Waals surface area contributed by atoms with Crippen molar-refractivity contribution in [2.75, 3.05) is 0 Å². The standard InChI is InChI=1S/C34H35F/c1-3-5-7-8-10-27-15-18-29(19-16-27)31-23-24-33-32(25-31)22-21-30(34(33)35)20-17-28-13-11-26(12-14-28)9-6-4-2/h11-16,18-19,21-25H,3-10H2,1-2H3. The van der Waals surface area contributed by atoms with E-state index in [-0.39, 0.29) is 5.82 Å². The first-order valence-corrected chi connectivity index (χ1v) is 13.1. The van der Waals surface area contributed by atoms with Crippen LogP contribution in [0.15, 0.2) is 78.9 Å². The van der Waals surface area contributed by atoms with Gasteiger partial charge in [-0.3, -0.25) is 0 Å². The largest absolute Gasteiger partial charge is 0.205 e. The van der Waals surface area contributed by atoms with Crippen LogP contribution < -0.4 is 0 Å². The number of hydrogen-bond donors (Lipinski definition) is 0. The van der Waals surface area contributed by atoms with Gasteiger partial charge in [-0.15, -0.1) is 0 Å². The lowest BCUT2D eigenvalue weighted by Crippen LogP contribution is -1.89. The van der Waals surface area contributed by atoms with Crippen molar-refractivity contribution in [2.24, 2.45) is 0 Å². The molecule has 0 saturated heterocycles. The lowest BCUT2D eigenvalue weighted by atomic mass is 9.97. The third-order valence-electron chi connectivity index (χ3n) is 6.67. The highest BCUT2D eigenvalue weighted by molar-refractivity contribution is 5.89. The Kier molecular flexibility index (Phi) is 8.74. The summed E-state index contributed by atoms with van der Waals surface area (Å²) in [5.41, 5.74) is 6.33. The summed E-state index contributed by atoms with van der Waals surface area (Å²) >= 11 is 0. The van der Waals surface area contributed by atoms with Crippen molar-refractivity contribution < 1.29 is 4.39 Å². The molecule has 0 radical (unpaired) electrons. The second-order valence-electron chi connectivity index (χ2n) is 9.42. The van der Waals surface area contributed by atoms with Crippen LogP contribution in [0.3, 0.4) is 0 Å². The molecule has 0 N–H and O–H groups in total. The first kappa shape index (κ1) is 24.7. The van der Waals surface area contributed by atoms with Crippen LogP contribution in [-0.4, -0.2) is 0 Å². The molecule has 178 valence electrons. The molecule has 0 aliphatic heterocycles. The average molecular weight is 463 g/mol. The fourth-order valence-electron chi connectivity index (χ4n) is 4.46. The van der Waals surface area contributed by atoms with E-state index < -0.39 is 0 Å². The third-order valence-corrected chi connectivity index (χ3v) is 6.67. The van der Waals surface area contributed by atoms with Crippen LogP contribution in [0, 0.1) is 17.7 Å². The third kappa shape index (κ3) is 6.61. The molecule has 4 aromatic rings. The molecule has 0 atom stereocenters. The number of hydrogen-bond acceptors (Lipinski definition) is 0. The Morgan fingerprint density at radius 2 is 1.26 bits per heavy atom. The van der Waals surface area contributed by atoms with Gasteiger partial charge >= 0.3 is 0 Å². The number of fused-ring (bicyclic) bond motifs is 1. The van der Waals surface area contributed by atoms with Crippen molar-refractivity contribution in [1.29, 1.82) is 0 Å². The van der Waals surface area contributed by atoms with E-state index >= 15 is 4.39 Å². The monoisotopic (exact) mass is 462 g/mol. The fourth-order valence-corrected chi connectivity index (χ4v) is 4.46. The van der Waals surface area contributed by atoms with Crippen LogP contribution in [0.1, 0.15) is 74.6 Å². The first-order chi connectivity index (χ1) is 17.2. The number of aryl methyl sites for hydroxylation is 2. The minimum Gasteiger partial charge on any atom is -0.205 e. The summed E-state index contributed by atoms with van der Waals surface area (Å²) in [5, 5.41) is 1.51. The van der Waals surface area contributed by atoms with E-state index in [1.165, 1.54) is 49.7 Å². The van der Waals surface area contributed by atoms with Crippen LogP contribution in [0.4, 0.5) is 4.39 Å². The molecule has 0 saturated carbocycles. The number of halogens is 1. The van der Waals surface area contributed by atoms with Crippen LogP contribution in [0.25, 0.3) is 21.9 Å². The van der Waals surface area contributed by atoms with Gasteiger partial charge in [0.1, 0.15) is 5.82 Å². The lowest BCUT2D eigenvalue weighted by Gasteiger charge is -2.08. The molecule has 0 spiro atoms. The predicted molar refractivity (Wildman–Crippen MR) is 148 cm³/mol. The molecule has 35 heavy (non-hydrogen) atoms. The van der Waals surface area contributed by atoms with E-state index in [2.05, 4.69) is 68.2 Å². The Balaban J connectivity index is 1.49. The molecule has 0 unspecified atom stereocenters. The van der Waals surface area contributed by atoms with Gasteiger partial charge in [-0.05, 0) is 77.6 Å². The fraction of sp³-hybridized carbons (Fsp3) is 0.294. The second kappa shape index (κ2) is 12.4. The zero-order valence-corrected chi connectivity index (χ0v) is 21.0. The molecule has 4 rings (SSSR count). The molecule has 0 heterocycles. The van der Waals surface area contributed by atoms with Crippen molar-refractivity contribution in [1.82, 2.24) is 0 Å². The molecule has 0 nitrogen and oxygen atoms in total. The van der Waals surface area contributed by atoms with Crippen LogP contribution in [-0.2, 0) is 12.8 Å². The predicted octanol–water partition coefficient (Wildman–Crippen LogP) is 9.51. The molecule has 0 aliphatic carbocycles. The molecule has 0 aliphatic rings. The van der Waals surface area contributed by atoms with Gasteiger partial charge in [0.25, 0.3) is 0 Å². The minimum absolute atomic E-state index is 0.247. The van der Waals surface area contributed by atoms with E-state index in [4.69, 9.17) is 0 Å². The quantitative estimate of drug-likeness (QED) is 0.172. The molecule has 0 amide bonds. The summed E-state index contributed by atoms with van der Waals surface area (Å²) in [5.74, 6) is 5.91. The van der Waals surface area contributed by atoms with Gasteiger partial charge in [0.15, 0.2) is 0 Å². The Labute approximate surface area is 210 Å². The highest BCUT2D eigenvalue weighted by Crippen LogP contribution is 2.28. The Morgan fingerprint density at radius 3 is 1.97 bits per heavy atom. The van der Waals surface area contributed by atoms with E-state index in [1.54, 1.807) is 6.07 Å². The zero-order valence-electron chi connectivity index (χ0n) is 21.0. The summed E-state index contributed by atoms with van der Waals surface area (Å²) < 4.78 is 15.2. The maximum absolute atomic E-state index is 15.2. The summed E-state index contributed by atoms with van der Waals surface area (Å²) in [7, 11) is 0. The highest BCUT2D eigenvalue weighted by Gasteiger charge is 2.08. The number of benzene rings is 4. The van der Waals surface area contributed by atoms with Crippen molar-refractivity contribution in [3.05, 3.63) is 107 Å². The minimum atomic E-state index is -0.247. The van der Waals surface area contributed by atoms with Crippen LogP contribution in [0.2, 0.25) is 0 Å². The van der Waals surface area contributed by atoms with Crippen molar-refractivity contribution in [3.8, 4) is 23.0 Å². The second-order valence-corrected chi connectivity index (χ2v) is 9.42.